The molecule has 0 aliphatic heterocycles. The van der Waals surface area contributed by atoms with Crippen LogP contribution in [-0.2, 0) is 9.53 Å². The molecule has 0 aromatic heterocycles. The highest BCUT2D eigenvalue weighted by Gasteiger charge is 2.21. The zero-order valence-electron chi connectivity index (χ0n) is 9.32. The van der Waals surface area contributed by atoms with Crippen LogP contribution in [0.3, 0.4) is 0 Å². The fraction of sp³-hybridized carbons (Fsp3) is 0.778. The van der Waals surface area contributed by atoms with Crippen molar-refractivity contribution < 1.29 is 19.4 Å². The summed E-state index contributed by atoms with van der Waals surface area (Å²) >= 11 is 0. The second kappa shape index (κ2) is 7.05. The van der Waals surface area contributed by atoms with Crippen molar-refractivity contribution in [3.05, 3.63) is 0 Å². The summed E-state index contributed by atoms with van der Waals surface area (Å²) in [6, 6.07) is -1.38. The lowest BCUT2D eigenvalue weighted by atomic mass is 10.3. The van der Waals surface area contributed by atoms with Crippen molar-refractivity contribution in [2.75, 3.05) is 26.8 Å². The van der Waals surface area contributed by atoms with E-state index in [0.717, 1.165) is 0 Å². The molecule has 0 saturated heterocycles. The Morgan fingerprint density at radius 1 is 1.40 bits per heavy atom. The number of carboxylic acids is 1. The number of carbonyl (C=O) groups is 2. The van der Waals surface area contributed by atoms with E-state index in [4.69, 9.17) is 9.84 Å². The van der Waals surface area contributed by atoms with Crippen LogP contribution in [0.5, 0.6) is 0 Å². The normalized spacial score (nSPS) is 11.9. The van der Waals surface area contributed by atoms with Crippen LogP contribution in [0.2, 0.25) is 0 Å². The molecule has 0 fully saturated rings. The van der Waals surface area contributed by atoms with Gasteiger partial charge in [0.15, 0.2) is 6.04 Å². The summed E-state index contributed by atoms with van der Waals surface area (Å²) in [5.41, 5.74) is 0. The van der Waals surface area contributed by atoms with Crippen molar-refractivity contribution in [1.82, 2.24) is 10.2 Å². The number of methoxy groups -OCH3 is 1. The van der Waals surface area contributed by atoms with Crippen LogP contribution in [0, 0.1) is 0 Å². The number of hydrogen-bond donors (Lipinski definition) is 2. The Balaban J connectivity index is 4.27. The summed E-state index contributed by atoms with van der Waals surface area (Å²) in [7, 11) is 1.39. The molecule has 0 aromatic carbocycles. The second-order valence-electron chi connectivity index (χ2n) is 2.97. The molecule has 1 atom stereocenters. The zero-order valence-corrected chi connectivity index (χ0v) is 9.32. The molecular formula is C9H18N2O4. The summed E-state index contributed by atoms with van der Waals surface area (Å²) in [6.07, 6.45) is 0. The van der Waals surface area contributed by atoms with Crippen LogP contribution in [0.4, 0.5) is 4.79 Å². The quantitative estimate of drug-likeness (QED) is 0.664. The Morgan fingerprint density at radius 3 is 2.27 bits per heavy atom. The summed E-state index contributed by atoms with van der Waals surface area (Å²) in [5.74, 6) is -1.10. The Labute approximate surface area is 89.2 Å². The highest BCUT2D eigenvalue weighted by molar-refractivity contribution is 5.82. The van der Waals surface area contributed by atoms with E-state index in [1.54, 1.807) is 0 Å². The van der Waals surface area contributed by atoms with Crippen LogP contribution in [0.15, 0.2) is 0 Å². The summed E-state index contributed by atoms with van der Waals surface area (Å²) in [5, 5.41) is 11.1. The molecule has 0 bridgehead atoms. The van der Waals surface area contributed by atoms with Crippen LogP contribution in [0.25, 0.3) is 0 Å². The van der Waals surface area contributed by atoms with E-state index >= 15 is 0 Å². The van der Waals surface area contributed by atoms with E-state index in [1.165, 1.54) is 12.0 Å². The van der Waals surface area contributed by atoms with E-state index in [-0.39, 0.29) is 12.6 Å². The van der Waals surface area contributed by atoms with Gasteiger partial charge < -0.3 is 20.1 Å². The zero-order chi connectivity index (χ0) is 11.8. The number of nitrogens with zero attached hydrogens (tertiary/aromatic N) is 1. The maximum atomic E-state index is 11.5. The van der Waals surface area contributed by atoms with Gasteiger partial charge in [0, 0.05) is 20.2 Å². The Hall–Kier alpha value is -1.30. The average Bonchev–Trinajstić information content (AvgIpc) is 2.18. The van der Waals surface area contributed by atoms with Crippen molar-refractivity contribution >= 4 is 12.0 Å². The van der Waals surface area contributed by atoms with E-state index < -0.39 is 12.0 Å². The Bertz CT molecular complexity index is 216. The molecule has 1 unspecified atom stereocenters. The SMILES string of the molecule is CCN(CC)C(=O)NC(COC)C(=O)O. The third-order valence-corrected chi connectivity index (χ3v) is 1.98. The first-order valence-corrected chi connectivity index (χ1v) is 4.83. The molecule has 0 radical (unpaired) electrons. The Morgan fingerprint density at radius 2 is 1.93 bits per heavy atom. The molecule has 0 aliphatic carbocycles. The molecule has 0 aliphatic rings. The topological polar surface area (TPSA) is 78.9 Å². The lowest BCUT2D eigenvalue weighted by molar-refractivity contribution is -0.140. The standard InChI is InChI=1S/C9H18N2O4/c1-4-11(5-2)9(14)10-7(6-15-3)8(12)13/h7H,4-6H2,1-3H3,(H,10,14)(H,12,13). The van der Waals surface area contributed by atoms with Gasteiger partial charge in [0.1, 0.15) is 0 Å². The number of urea groups is 1. The number of ether oxygens (including phenoxy) is 1. The van der Waals surface area contributed by atoms with Crippen molar-refractivity contribution in [3.8, 4) is 0 Å². The van der Waals surface area contributed by atoms with Crippen LogP contribution in [0.1, 0.15) is 13.8 Å². The van der Waals surface area contributed by atoms with Crippen molar-refractivity contribution in [3.63, 3.8) is 0 Å². The van der Waals surface area contributed by atoms with Crippen molar-refractivity contribution in [2.45, 2.75) is 19.9 Å². The molecule has 0 heterocycles. The van der Waals surface area contributed by atoms with Gasteiger partial charge in [-0.25, -0.2) is 9.59 Å². The molecular weight excluding hydrogens is 200 g/mol. The predicted octanol–water partition coefficient (Wildman–Crippen LogP) is 0.137. The number of amides is 2. The van der Waals surface area contributed by atoms with Gasteiger partial charge in [-0.05, 0) is 13.8 Å². The van der Waals surface area contributed by atoms with Crippen LogP contribution in [-0.4, -0.2) is 54.9 Å². The molecule has 6 heteroatoms. The number of nitrogens with one attached hydrogen (secondary N) is 1. The van der Waals surface area contributed by atoms with Gasteiger partial charge in [-0.2, -0.15) is 0 Å². The van der Waals surface area contributed by atoms with Gasteiger partial charge in [-0.3, -0.25) is 0 Å². The summed E-state index contributed by atoms with van der Waals surface area (Å²) in [4.78, 5) is 23.7. The minimum Gasteiger partial charge on any atom is -0.480 e. The molecule has 15 heavy (non-hydrogen) atoms. The first-order chi connectivity index (χ1) is 7.06. The van der Waals surface area contributed by atoms with Gasteiger partial charge in [0.05, 0.1) is 6.61 Å². The number of carboxylic acid groups (broad SMARTS) is 1. The van der Waals surface area contributed by atoms with E-state index in [0.29, 0.717) is 13.1 Å². The summed E-state index contributed by atoms with van der Waals surface area (Å²) < 4.78 is 4.70. The van der Waals surface area contributed by atoms with Crippen molar-refractivity contribution in [1.29, 1.82) is 0 Å². The predicted molar refractivity (Wildman–Crippen MR) is 54.8 cm³/mol. The lowest BCUT2D eigenvalue weighted by Gasteiger charge is -2.22. The minimum atomic E-state index is -1.10. The monoisotopic (exact) mass is 218 g/mol. The largest absolute Gasteiger partial charge is 0.480 e. The number of rotatable bonds is 6. The second-order valence-corrected chi connectivity index (χ2v) is 2.97. The van der Waals surface area contributed by atoms with Crippen LogP contribution >= 0.6 is 0 Å². The van der Waals surface area contributed by atoms with Gasteiger partial charge in [0.2, 0.25) is 0 Å². The maximum Gasteiger partial charge on any atom is 0.328 e. The number of carbonyl (C=O) groups excluding carboxylic acids is 1. The Kier molecular flexibility index (Phi) is 6.44. The molecule has 2 amide bonds. The third kappa shape index (κ3) is 4.64. The third-order valence-electron chi connectivity index (χ3n) is 1.98. The molecule has 88 valence electrons. The van der Waals surface area contributed by atoms with Crippen LogP contribution < -0.4 is 5.32 Å². The highest BCUT2D eigenvalue weighted by Crippen LogP contribution is 1.92. The van der Waals surface area contributed by atoms with E-state index in [9.17, 15) is 9.59 Å². The average molecular weight is 218 g/mol. The van der Waals surface area contributed by atoms with Gasteiger partial charge in [-0.15, -0.1) is 0 Å². The molecule has 0 aromatic rings. The fourth-order valence-electron chi connectivity index (χ4n) is 1.09. The number of hydrogen-bond acceptors (Lipinski definition) is 3. The molecule has 0 rings (SSSR count). The fourth-order valence-corrected chi connectivity index (χ4v) is 1.09. The summed E-state index contributed by atoms with van der Waals surface area (Å²) in [6.45, 7) is 4.70. The molecule has 2 N–H and O–H groups in total. The first kappa shape index (κ1) is 13.7. The smallest absolute Gasteiger partial charge is 0.328 e. The maximum absolute atomic E-state index is 11.5. The van der Waals surface area contributed by atoms with Gasteiger partial charge in [0.25, 0.3) is 0 Å². The number of aliphatic carboxylic acids is 1. The van der Waals surface area contributed by atoms with Gasteiger partial charge in [-0.1, -0.05) is 0 Å². The molecule has 0 saturated carbocycles. The molecule has 6 nitrogen and oxygen atoms in total. The van der Waals surface area contributed by atoms with Gasteiger partial charge >= 0.3 is 12.0 Å². The molecule has 0 spiro atoms. The van der Waals surface area contributed by atoms with E-state index in [1.807, 2.05) is 13.8 Å². The minimum absolute atomic E-state index is 0.0393. The highest BCUT2D eigenvalue weighted by atomic mass is 16.5. The van der Waals surface area contributed by atoms with E-state index in [2.05, 4.69) is 5.32 Å². The van der Waals surface area contributed by atoms with Crippen molar-refractivity contribution in [2.24, 2.45) is 0 Å². The first-order valence-electron chi connectivity index (χ1n) is 4.83. The lowest BCUT2D eigenvalue weighted by Crippen LogP contribution is -2.49.